The molecule has 0 aliphatic carbocycles. The third kappa shape index (κ3) is 7.33. The molecule has 10 heteroatoms. The van der Waals surface area contributed by atoms with Crippen LogP contribution in [0.3, 0.4) is 0 Å². The van der Waals surface area contributed by atoms with E-state index < -0.39 is 0 Å². The fraction of sp³-hybridized carbons (Fsp3) is 0.286. The molecule has 10 nitrogen and oxygen atoms in total. The van der Waals surface area contributed by atoms with Crippen LogP contribution < -0.4 is 10.6 Å². The minimum atomic E-state index is -0.322. The van der Waals surface area contributed by atoms with Crippen molar-refractivity contribution in [2.45, 2.75) is 0 Å². The van der Waals surface area contributed by atoms with Crippen molar-refractivity contribution >= 4 is 11.8 Å². The Morgan fingerprint density at radius 1 is 0.792 bits per heavy atom. The van der Waals surface area contributed by atoms with Gasteiger partial charge in [0.2, 0.25) is 0 Å². The molecule has 4 N–H and O–H groups in total. The van der Waals surface area contributed by atoms with Gasteiger partial charge in [-0.05, 0) is 0 Å². The van der Waals surface area contributed by atoms with Gasteiger partial charge in [0, 0.05) is 37.9 Å². The van der Waals surface area contributed by atoms with E-state index in [1.807, 2.05) is 0 Å². The summed E-state index contributed by atoms with van der Waals surface area (Å²) in [6.07, 6.45) is 8.59. The number of carbonyl (C=O) groups is 2. The van der Waals surface area contributed by atoms with Crippen molar-refractivity contribution in [3.8, 4) is 0 Å². The van der Waals surface area contributed by atoms with Crippen LogP contribution in [0.2, 0.25) is 0 Å². The fourth-order valence-corrected chi connectivity index (χ4v) is 1.35. The number of rotatable bonds is 6. The van der Waals surface area contributed by atoms with E-state index in [0.29, 0.717) is 0 Å². The van der Waals surface area contributed by atoms with Crippen molar-refractivity contribution in [3.05, 3.63) is 48.6 Å². The Bertz CT molecular complexity index is 556. The van der Waals surface area contributed by atoms with Crippen LogP contribution in [0, 0.1) is 0 Å². The summed E-state index contributed by atoms with van der Waals surface area (Å²) in [7, 11) is 0. The van der Waals surface area contributed by atoms with Crippen LogP contribution in [0.25, 0.3) is 0 Å². The van der Waals surface area contributed by atoms with Gasteiger partial charge in [0.25, 0.3) is 11.8 Å². The second kappa shape index (κ2) is 11.6. The molecular weight excluding hydrogens is 316 g/mol. The zero-order chi connectivity index (χ0) is 17.6. The first-order valence-electron chi connectivity index (χ1n) is 6.99. The Balaban J connectivity index is 0.000000240. The summed E-state index contributed by atoms with van der Waals surface area (Å²) in [5.74, 6) is -0.644. The van der Waals surface area contributed by atoms with Crippen LogP contribution in [0.15, 0.2) is 37.2 Å². The van der Waals surface area contributed by atoms with Gasteiger partial charge in [-0.25, -0.2) is 9.97 Å². The highest BCUT2D eigenvalue weighted by Crippen LogP contribution is 1.89. The molecule has 0 saturated carbocycles. The molecule has 0 saturated heterocycles. The van der Waals surface area contributed by atoms with E-state index in [4.69, 9.17) is 10.2 Å². The monoisotopic (exact) mass is 334 g/mol. The zero-order valence-electron chi connectivity index (χ0n) is 12.8. The molecule has 0 bridgehead atoms. The first kappa shape index (κ1) is 19.1. The van der Waals surface area contributed by atoms with Crippen LogP contribution in [0.4, 0.5) is 0 Å². The van der Waals surface area contributed by atoms with E-state index in [1.54, 1.807) is 0 Å². The first-order valence-corrected chi connectivity index (χ1v) is 6.99. The van der Waals surface area contributed by atoms with E-state index in [1.165, 1.54) is 37.2 Å². The van der Waals surface area contributed by atoms with Crippen LogP contribution in [-0.4, -0.2) is 68.3 Å². The molecule has 0 fully saturated rings. The van der Waals surface area contributed by atoms with Gasteiger partial charge in [-0.1, -0.05) is 0 Å². The van der Waals surface area contributed by atoms with Crippen LogP contribution in [0.5, 0.6) is 0 Å². The van der Waals surface area contributed by atoms with Gasteiger partial charge in [0.15, 0.2) is 0 Å². The molecule has 2 rings (SSSR count). The summed E-state index contributed by atoms with van der Waals surface area (Å²) < 4.78 is 0. The van der Waals surface area contributed by atoms with Gasteiger partial charge in [0.1, 0.15) is 11.4 Å². The van der Waals surface area contributed by atoms with Gasteiger partial charge >= 0.3 is 0 Å². The van der Waals surface area contributed by atoms with Gasteiger partial charge in [-0.15, -0.1) is 0 Å². The van der Waals surface area contributed by atoms with Crippen LogP contribution in [-0.2, 0) is 0 Å². The van der Waals surface area contributed by atoms with Gasteiger partial charge in [0.05, 0.1) is 25.6 Å². The van der Waals surface area contributed by atoms with E-state index in [2.05, 4.69) is 30.6 Å². The Kier molecular flexibility index (Phi) is 9.19. The lowest BCUT2D eigenvalue weighted by Crippen LogP contribution is -2.27. The number of nitrogens with zero attached hydrogens (tertiary/aromatic N) is 4. The standard InChI is InChI=1S/2C7H9N3O2/c2*11-4-3-10-7(12)6-5-8-1-2-9-6/h2*1-2,5,11H,3-4H2,(H,10,12). The van der Waals surface area contributed by atoms with Crippen LogP contribution >= 0.6 is 0 Å². The minimum absolute atomic E-state index is 0.0774. The number of nitrogens with one attached hydrogen (secondary N) is 2. The number of aromatic nitrogens is 4. The maximum Gasteiger partial charge on any atom is 0.271 e. The van der Waals surface area contributed by atoms with E-state index in [9.17, 15) is 9.59 Å². The highest BCUT2D eigenvalue weighted by Gasteiger charge is 2.04. The number of carbonyl (C=O) groups excluding carboxylic acids is 2. The maximum atomic E-state index is 11.1. The Morgan fingerprint density at radius 3 is 1.50 bits per heavy atom. The van der Waals surface area contributed by atoms with E-state index >= 15 is 0 Å². The first-order chi connectivity index (χ1) is 11.7. The Hall–Kier alpha value is -2.98. The lowest BCUT2D eigenvalue weighted by molar-refractivity contribution is 0.0932. The molecule has 128 valence electrons. The largest absolute Gasteiger partial charge is 0.395 e. The van der Waals surface area contributed by atoms with Crippen molar-refractivity contribution in [2.75, 3.05) is 26.3 Å². The number of amides is 2. The summed E-state index contributed by atoms with van der Waals surface area (Å²) >= 11 is 0. The molecule has 0 spiro atoms. The number of hydrogen-bond acceptors (Lipinski definition) is 8. The lowest BCUT2D eigenvalue weighted by Gasteiger charge is -1.99. The van der Waals surface area contributed by atoms with Gasteiger partial charge in [-0.3, -0.25) is 19.6 Å². The highest BCUT2D eigenvalue weighted by molar-refractivity contribution is 5.92. The third-order valence-corrected chi connectivity index (χ3v) is 2.39. The molecular formula is C14H18N6O4. The molecule has 0 aromatic carbocycles. The second-order valence-electron chi connectivity index (χ2n) is 4.14. The minimum Gasteiger partial charge on any atom is -0.395 e. The SMILES string of the molecule is O=C(NCCO)c1cnccn1.O=C(NCCO)c1cnccn1. The summed E-state index contributed by atoms with van der Waals surface area (Å²) in [6, 6.07) is 0. The smallest absolute Gasteiger partial charge is 0.271 e. The number of aliphatic hydroxyl groups is 2. The number of aliphatic hydroxyl groups excluding tert-OH is 2. The molecule has 24 heavy (non-hydrogen) atoms. The molecule has 2 amide bonds. The van der Waals surface area contributed by atoms with E-state index in [-0.39, 0.29) is 49.5 Å². The third-order valence-electron chi connectivity index (χ3n) is 2.39. The maximum absolute atomic E-state index is 11.1. The zero-order valence-corrected chi connectivity index (χ0v) is 12.8. The average Bonchev–Trinajstić information content (AvgIpc) is 2.66. The van der Waals surface area contributed by atoms with Crippen molar-refractivity contribution < 1.29 is 19.8 Å². The molecule has 0 atom stereocenters. The van der Waals surface area contributed by atoms with Crippen molar-refractivity contribution in [1.82, 2.24) is 30.6 Å². The summed E-state index contributed by atoms with van der Waals surface area (Å²) in [6.45, 7) is 0.308. The molecule has 2 heterocycles. The highest BCUT2D eigenvalue weighted by atomic mass is 16.3. The lowest BCUT2D eigenvalue weighted by atomic mass is 10.4. The molecule has 2 aromatic heterocycles. The van der Waals surface area contributed by atoms with Crippen molar-refractivity contribution in [2.24, 2.45) is 0 Å². The molecule has 0 unspecified atom stereocenters. The molecule has 0 aliphatic heterocycles. The quantitative estimate of drug-likeness (QED) is 0.493. The summed E-state index contributed by atoms with van der Waals surface area (Å²) in [4.78, 5) is 37.2. The van der Waals surface area contributed by atoms with Crippen LogP contribution in [0.1, 0.15) is 21.0 Å². The molecule has 2 aromatic rings. The Labute approximate surface area is 138 Å². The Morgan fingerprint density at radius 2 is 1.21 bits per heavy atom. The van der Waals surface area contributed by atoms with Crippen molar-refractivity contribution in [3.63, 3.8) is 0 Å². The predicted molar refractivity (Wildman–Crippen MR) is 82.9 cm³/mol. The van der Waals surface area contributed by atoms with E-state index in [0.717, 1.165) is 0 Å². The van der Waals surface area contributed by atoms with Gasteiger partial charge < -0.3 is 20.8 Å². The summed E-state index contributed by atoms with van der Waals surface area (Å²) in [5, 5.41) is 21.7. The number of hydrogen-bond donors (Lipinski definition) is 4. The molecule has 0 aliphatic rings. The second-order valence-corrected chi connectivity index (χ2v) is 4.14. The molecule has 0 radical (unpaired) electrons. The predicted octanol–water partition coefficient (Wildman–Crippen LogP) is -1.60. The topological polar surface area (TPSA) is 150 Å². The van der Waals surface area contributed by atoms with Gasteiger partial charge in [-0.2, -0.15) is 0 Å². The normalized spacial score (nSPS) is 9.42. The summed E-state index contributed by atoms with van der Waals surface area (Å²) in [5.41, 5.74) is 0.511. The average molecular weight is 334 g/mol. The fourth-order valence-electron chi connectivity index (χ4n) is 1.35. The van der Waals surface area contributed by atoms with Crippen molar-refractivity contribution in [1.29, 1.82) is 0 Å².